The highest BCUT2D eigenvalue weighted by atomic mass is 35.5. The topological polar surface area (TPSA) is 13.1 Å². The number of halogens is 1. The summed E-state index contributed by atoms with van der Waals surface area (Å²) in [7, 11) is 0.654. The minimum Gasteiger partial charge on any atom is -1.00 e. The SMILES string of the molecule is [Cl-].c1ccc(Pc2cccc3ccoc23)cc1. The van der Waals surface area contributed by atoms with E-state index < -0.39 is 0 Å². The average molecular weight is 262 g/mol. The maximum atomic E-state index is 5.53. The summed E-state index contributed by atoms with van der Waals surface area (Å²) in [5.41, 5.74) is 1.02. The van der Waals surface area contributed by atoms with Crippen LogP contribution in [0.4, 0.5) is 0 Å². The van der Waals surface area contributed by atoms with Crippen molar-refractivity contribution in [3.8, 4) is 0 Å². The molecule has 0 N–H and O–H groups in total. The Morgan fingerprint density at radius 3 is 2.47 bits per heavy atom. The zero-order valence-electron chi connectivity index (χ0n) is 9.06. The molecule has 0 spiro atoms. The number of para-hydroxylation sites is 1. The highest BCUT2D eigenvalue weighted by Gasteiger charge is 2.04. The summed E-state index contributed by atoms with van der Waals surface area (Å²) in [6.07, 6.45) is 1.75. The third-order valence-corrected chi connectivity index (χ3v) is 3.82. The summed E-state index contributed by atoms with van der Waals surface area (Å²) in [5.74, 6) is 0. The molecule has 0 saturated carbocycles. The van der Waals surface area contributed by atoms with Crippen molar-refractivity contribution in [2.24, 2.45) is 0 Å². The molecule has 1 heterocycles. The van der Waals surface area contributed by atoms with Crippen molar-refractivity contribution < 1.29 is 16.8 Å². The highest BCUT2D eigenvalue weighted by molar-refractivity contribution is 7.56. The Balaban J connectivity index is 0.00000108. The fraction of sp³-hybridized carbons (Fsp3) is 0. The smallest absolute Gasteiger partial charge is 0.141 e. The summed E-state index contributed by atoms with van der Waals surface area (Å²) < 4.78 is 5.53. The van der Waals surface area contributed by atoms with Crippen LogP contribution in [0.1, 0.15) is 0 Å². The molecule has 3 aromatic rings. The molecule has 86 valence electrons. The van der Waals surface area contributed by atoms with E-state index in [4.69, 9.17) is 4.42 Å². The summed E-state index contributed by atoms with van der Waals surface area (Å²) >= 11 is 0. The van der Waals surface area contributed by atoms with Gasteiger partial charge in [0, 0.05) is 10.7 Å². The molecule has 0 aliphatic rings. The van der Waals surface area contributed by atoms with Crippen LogP contribution in [0.2, 0.25) is 0 Å². The molecule has 1 aromatic heterocycles. The van der Waals surface area contributed by atoms with Crippen molar-refractivity contribution in [2.45, 2.75) is 0 Å². The lowest BCUT2D eigenvalue weighted by molar-refractivity contribution is -0.00000339. The Morgan fingerprint density at radius 1 is 0.824 bits per heavy atom. The van der Waals surface area contributed by atoms with E-state index >= 15 is 0 Å². The lowest BCUT2D eigenvalue weighted by Crippen LogP contribution is -3.00. The van der Waals surface area contributed by atoms with Gasteiger partial charge in [-0.05, 0) is 11.4 Å². The zero-order valence-corrected chi connectivity index (χ0v) is 10.8. The van der Waals surface area contributed by atoms with E-state index in [1.807, 2.05) is 12.1 Å². The van der Waals surface area contributed by atoms with Crippen LogP contribution in [-0.4, -0.2) is 0 Å². The number of furan rings is 1. The maximum absolute atomic E-state index is 5.53. The van der Waals surface area contributed by atoms with Gasteiger partial charge in [-0.2, -0.15) is 0 Å². The molecule has 0 amide bonds. The number of fused-ring (bicyclic) bond motifs is 1. The molecule has 1 atom stereocenters. The molecule has 17 heavy (non-hydrogen) atoms. The lowest BCUT2D eigenvalue weighted by atomic mass is 10.3. The van der Waals surface area contributed by atoms with Gasteiger partial charge in [-0.1, -0.05) is 57.1 Å². The summed E-state index contributed by atoms with van der Waals surface area (Å²) in [4.78, 5) is 0. The van der Waals surface area contributed by atoms with Crippen LogP contribution >= 0.6 is 8.58 Å². The van der Waals surface area contributed by atoms with Crippen LogP contribution in [0.3, 0.4) is 0 Å². The van der Waals surface area contributed by atoms with Gasteiger partial charge >= 0.3 is 0 Å². The highest BCUT2D eigenvalue weighted by Crippen LogP contribution is 2.20. The van der Waals surface area contributed by atoms with E-state index in [1.165, 1.54) is 16.0 Å². The molecule has 3 rings (SSSR count). The zero-order chi connectivity index (χ0) is 10.8. The Morgan fingerprint density at radius 2 is 1.65 bits per heavy atom. The second kappa shape index (κ2) is 5.35. The van der Waals surface area contributed by atoms with Crippen LogP contribution in [-0.2, 0) is 0 Å². The predicted molar refractivity (Wildman–Crippen MR) is 70.2 cm³/mol. The third kappa shape index (κ3) is 2.52. The Hall–Kier alpha value is -1.30. The fourth-order valence-corrected chi connectivity index (χ4v) is 2.93. The fourth-order valence-electron chi connectivity index (χ4n) is 1.77. The molecule has 1 nitrogen and oxygen atoms in total. The molecule has 0 radical (unpaired) electrons. The Labute approximate surface area is 108 Å². The van der Waals surface area contributed by atoms with Crippen LogP contribution in [0.15, 0.2) is 65.3 Å². The number of hydrogen-bond donors (Lipinski definition) is 0. The molecule has 1 unspecified atom stereocenters. The standard InChI is InChI=1S/C14H11OP.ClH/c1-2-6-12(7-3-1)16-13-8-4-5-11-9-10-15-14(11)13;/h1-10,16H;1H/p-1. The number of rotatable bonds is 2. The van der Waals surface area contributed by atoms with E-state index in [0.29, 0.717) is 8.58 Å². The Bertz CT molecular complexity index is 604. The first-order valence-corrected chi connectivity index (χ1v) is 6.22. The van der Waals surface area contributed by atoms with E-state index in [0.717, 1.165) is 5.58 Å². The minimum absolute atomic E-state index is 0. The Kier molecular flexibility index (Phi) is 3.83. The van der Waals surface area contributed by atoms with Gasteiger partial charge in [0.15, 0.2) is 0 Å². The predicted octanol–water partition coefficient (Wildman–Crippen LogP) is 0.0661. The van der Waals surface area contributed by atoms with Crippen molar-refractivity contribution in [3.63, 3.8) is 0 Å². The molecule has 0 bridgehead atoms. The van der Waals surface area contributed by atoms with Crippen molar-refractivity contribution in [2.75, 3.05) is 0 Å². The van der Waals surface area contributed by atoms with Crippen molar-refractivity contribution >= 4 is 30.2 Å². The van der Waals surface area contributed by atoms with Crippen molar-refractivity contribution in [1.82, 2.24) is 0 Å². The number of benzene rings is 2. The normalized spacial score (nSPS) is 10.8. The monoisotopic (exact) mass is 261 g/mol. The second-order valence-electron chi connectivity index (χ2n) is 3.64. The molecule has 3 heteroatoms. The van der Waals surface area contributed by atoms with Gasteiger partial charge in [0.2, 0.25) is 0 Å². The van der Waals surface area contributed by atoms with Crippen molar-refractivity contribution in [1.29, 1.82) is 0 Å². The molecular weight excluding hydrogens is 251 g/mol. The van der Waals surface area contributed by atoms with Gasteiger partial charge in [-0.15, -0.1) is 0 Å². The molecule has 0 aliphatic heterocycles. The molecule has 0 saturated heterocycles. The van der Waals surface area contributed by atoms with Crippen LogP contribution in [0.5, 0.6) is 0 Å². The van der Waals surface area contributed by atoms with Gasteiger partial charge in [0.1, 0.15) is 5.58 Å². The maximum Gasteiger partial charge on any atom is 0.141 e. The summed E-state index contributed by atoms with van der Waals surface area (Å²) in [6.45, 7) is 0. The van der Waals surface area contributed by atoms with Crippen molar-refractivity contribution in [3.05, 3.63) is 60.9 Å². The first kappa shape index (κ1) is 12.2. The molecular formula is C14H11ClOP-. The van der Waals surface area contributed by atoms with Gasteiger partial charge in [0.05, 0.1) is 6.26 Å². The largest absolute Gasteiger partial charge is 1.00 e. The summed E-state index contributed by atoms with van der Waals surface area (Å²) in [6, 6.07) is 18.8. The number of hydrogen-bond acceptors (Lipinski definition) is 1. The van der Waals surface area contributed by atoms with E-state index in [2.05, 4.69) is 42.5 Å². The minimum atomic E-state index is 0. The average Bonchev–Trinajstić information content (AvgIpc) is 2.80. The van der Waals surface area contributed by atoms with Gasteiger partial charge < -0.3 is 16.8 Å². The van der Waals surface area contributed by atoms with Gasteiger partial charge in [0.25, 0.3) is 0 Å². The summed E-state index contributed by atoms with van der Waals surface area (Å²) in [5, 5.41) is 3.79. The first-order chi connectivity index (χ1) is 7.93. The van der Waals surface area contributed by atoms with Crippen LogP contribution in [0, 0.1) is 0 Å². The third-order valence-electron chi connectivity index (χ3n) is 2.53. The molecule has 2 aromatic carbocycles. The van der Waals surface area contributed by atoms with Gasteiger partial charge in [-0.3, -0.25) is 0 Å². The van der Waals surface area contributed by atoms with Crippen LogP contribution in [0.25, 0.3) is 11.0 Å². The van der Waals surface area contributed by atoms with Gasteiger partial charge in [-0.25, -0.2) is 0 Å². The lowest BCUT2D eigenvalue weighted by Gasteiger charge is -2.02. The van der Waals surface area contributed by atoms with E-state index in [-0.39, 0.29) is 12.4 Å². The van der Waals surface area contributed by atoms with Crippen LogP contribution < -0.4 is 23.0 Å². The second-order valence-corrected chi connectivity index (χ2v) is 5.00. The molecule has 0 aliphatic carbocycles. The first-order valence-electron chi connectivity index (χ1n) is 5.22. The quantitative estimate of drug-likeness (QED) is 0.595. The molecule has 0 fully saturated rings. The van der Waals surface area contributed by atoms with E-state index in [1.54, 1.807) is 6.26 Å². The van der Waals surface area contributed by atoms with E-state index in [9.17, 15) is 0 Å².